The quantitative estimate of drug-likeness (QED) is 0.870. The molecule has 1 saturated heterocycles. The molecule has 0 spiro atoms. The van der Waals surface area contributed by atoms with Crippen molar-refractivity contribution in [3.63, 3.8) is 0 Å². The van der Waals surface area contributed by atoms with Gasteiger partial charge in [-0.15, -0.1) is 11.3 Å². The summed E-state index contributed by atoms with van der Waals surface area (Å²) in [5.41, 5.74) is 0.646. The normalized spacial score (nSPS) is 17.8. The number of rotatable bonds is 5. The van der Waals surface area contributed by atoms with Gasteiger partial charge in [0.15, 0.2) is 0 Å². The Hall–Kier alpha value is -1.36. The van der Waals surface area contributed by atoms with E-state index in [-0.39, 0.29) is 18.0 Å². The van der Waals surface area contributed by atoms with E-state index in [4.69, 9.17) is 11.6 Å². The maximum atomic E-state index is 12.5. The van der Waals surface area contributed by atoms with E-state index in [1.54, 1.807) is 35.6 Å². The Morgan fingerprint density at radius 3 is 2.52 bits per heavy atom. The molecule has 1 aliphatic heterocycles. The fraction of sp³-hybridized carbons (Fsp3) is 0.389. The zero-order chi connectivity index (χ0) is 16.2. The van der Waals surface area contributed by atoms with E-state index >= 15 is 0 Å². The van der Waals surface area contributed by atoms with E-state index in [1.165, 1.54) is 17.7 Å². The maximum Gasteiger partial charge on any atom is 0.251 e. The van der Waals surface area contributed by atoms with Crippen molar-refractivity contribution in [1.82, 2.24) is 10.2 Å². The lowest BCUT2D eigenvalue weighted by molar-refractivity contribution is 0.0908. The topological polar surface area (TPSA) is 32.3 Å². The number of carbonyl (C=O) groups excluding carboxylic acids is 1. The molecule has 2 atom stereocenters. The van der Waals surface area contributed by atoms with Crippen molar-refractivity contribution >= 4 is 28.8 Å². The number of halogens is 1. The molecule has 0 aliphatic carbocycles. The van der Waals surface area contributed by atoms with E-state index in [2.05, 4.69) is 34.7 Å². The number of hydrogen-bond donors (Lipinski definition) is 1. The summed E-state index contributed by atoms with van der Waals surface area (Å²) >= 11 is 7.65. The summed E-state index contributed by atoms with van der Waals surface area (Å²) in [7, 11) is 0. The number of thiophene rings is 1. The second-order valence-electron chi connectivity index (χ2n) is 5.97. The minimum absolute atomic E-state index is 0.0464. The molecule has 1 aliphatic rings. The highest BCUT2D eigenvalue weighted by Crippen LogP contribution is 2.31. The van der Waals surface area contributed by atoms with Crippen LogP contribution in [-0.2, 0) is 0 Å². The Balaban J connectivity index is 1.74. The third-order valence-corrected chi connectivity index (χ3v) is 5.50. The molecule has 5 heteroatoms. The van der Waals surface area contributed by atoms with Crippen LogP contribution in [0.3, 0.4) is 0 Å². The van der Waals surface area contributed by atoms with Crippen LogP contribution in [0.2, 0.25) is 5.02 Å². The lowest BCUT2D eigenvalue weighted by Crippen LogP contribution is -2.43. The molecule has 3 nitrogen and oxygen atoms in total. The van der Waals surface area contributed by atoms with Crippen LogP contribution in [0, 0.1) is 0 Å². The third kappa shape index (κ3) is 3.94. The highest BCUT2D eigenvalue weighted by Gasteiger charge is 2.30. The fourth-order valence-electron chi connectivity index (χ4n) is 3.19. The molecular formula is C18H21ClN2OS. The minimum Gasteiger partial charge on any atom is -0.348 e. The molecule has 122 valence electrons. The van der Waals surface area contributed by atoms with Crippen molar-refractivity contribution < 1.29 is 4.79 Å². The van der Waals surface area contributed by atoms with Crippen LogP contribution in [0.25, 0.3) is 0 Å². The van der Waals surface area contributed by atoms with Crippen LogP contribution in [0.5, 0.6) is 0 Å². The van der Waals surface area contributed by atoms with Crippen LogP contribution in [0.1, 0.15) is 41.0 Å². The Morgan fingerprint density at radius 2 is 1.91 bits per heavy atom. The Labute approximate surface area is 146 Å². The Kier molecular flexibility index (Phi) is 5.36. The number of amides is 1. The first kappa shape index (κ1) is 16.5. The van der Waals surface area contributed by atoms with Gasteiger partial charge in [-0.25, -0.2) is 0 Å². The van der Waals surface area contributed by atoms with Crippen molar-refractivity contribution in [2.45, 2.75) is 31.8 Å². The maximum absolute atomic E-state index is 12.5. The fourth-order valence-corrected chi connectivity index (χ4v) is 4.28. The number of nitrogens with one attached hydrogen (secondary N) is 1. The lowest BCUT2D eigenvalue weighted by atomic mass is 10.1. The van der Waals surface area contributed by atoms with Gasteiger partial charge in [-0.2, -0.15) is 0 Å². The molecule has 2 heterocycles. The van der Waals surface area contributed by atoms with Crippen molar-refractivity contribution in [1.29, 1.82) is 0 Å². The number of nitrogens with zero attached hydrogens (tertiary/aromatic N) is 1. The molecule has 1 amide bonds. The van der Waals surface area contributed by atoms with E-state index in [9.17, 15) is 4.79 Å². The van der Waals surface area contributed by atoms with Gasteiger partial charge in [-0.3, -0.25) is 9.69 Å². The first-order chi connectivity index (χ1) is 11.1. The zero-order valence-corrected chi connectivity index (χ0v) is 14.7. The zero-order valence-electron chi connectivity index (χ0n) is 13.2. The Morgan fingerprint density at radius 1 is 1.22 bits per heavy atom. The number of likely N-dealkylation sites (tertiary alicyclic amines) is 1. The third-order valence-electron chi connectivity index (χ3n) is 4.31. The summed E-state index contributed by atoms with van der Waals surface area (Å²) in [5.74, 6) is -0.0464. The smallest absolute Gasteiger partial charge is 0.251 e. The lowest BCUT2D eigenvalue weighted by Gasteiger charge is -2.32. The average Bonchev–Trinajstić information content (AvgIpc) is 3.22. The second kappa shape index (κ2) is 7.47. The molecule has 2 unspecified atom stereocenters. The van der Waals surface area contributed by atoms with Crippen molar-refractivity contribution in [3.05, 3.63) is 57.2 Å². The van der Waals surface area contributed by atoms with Crippen LogP contribution in [0.15, 0.2) is 41.8 Å². The second-order valence-corrected chi connectivity index (χ2v) is 7.39. The van der Waals surface area contributed by atoms with Crippen LogP contribution in [0.4, 0.5) is 0 Å². The Bertz CT molecular complexity index is 636. The van der Waals surface area contributed by atoms with E-state index < -0.39 is 0 Å². The highest BCUT2D eigenvalue weighted by atomic mass is 35.5. The number of benzene rings is 1. The summed E-state index contributed by atoms with van der Waals surface area (Å²) in [4.78, 5) is 16.3. The van der Waals surface area contributed by atoms with Crippen LogP contribution < -0.4 is 5.32 Å². The number of hydrogen-bond acceptors (Lipinski definition) is 3. The van der Waals surface area contributed by atoms with Gasteiger partial charge >= 0.3 is 0 Å². The van der Waals surface area contributed by atoms with Gasteiger partial charge in [0.1, 0.15) is 0 Å². The SMILES string of the molecule is CC(NC(=O)c1ccc(Cl)cc1)C(c1cccs1)N1CCCC1. The first-order valence-electron chi connectivity index (χ1n) is 7.99. The van der Waals surface area contributed by atoms with Gasteiger partial charge in [0.05, 0.1) is 6.04 Å². The summed E-state index contributed by atoms with van der Waals surface area (Å²) in [6, 6.07) is 11.6. The highest BCUT2D eigenvalue weighted by molar-refractivity contribution is 7.10. The van der Waals surface area contributed by atoms with Gasteiger partial charge < -0.3 is 5.32 Å². The van der Waals surface area contributed by atoms with Crippen molar-refractivity contribution in [2.75, 3.05) is 13.1 Å². The van der Waals surface area contributed by atoms with Gasteiger partial charge in [-0.05, 0) is 68.6 Å². The molecule has 3 rings (SSSR count). The molecule has 1 aromatic heterocycles. The summed E-state index contributed by atoms with van der Waals surface area (Å²) in [6.07, 6.45) is 2.47. The van der Waals surface area contributed by atoms with Gasteiger partial charge in [-0.1, -0.05) is 17.7 Å². The molecule has 1 aromatic carbocycles. The van der Waals surface area contributed by atoms with Crippen molar-refractivity contribution in [2.24, 2.45) is 0 Å². The van der Waals surface area contributed by atoms with Crippen LogP contribution in [-0.4, -0.2) is 29.9 Å². The molecule has 0 bridgehead atoms. The molecule has 1 fully saturated rings. The summed E-state index contributed by atoms with van der Waals surface area (Å²) in [5, 5.41) is 5.91. The first-order valence-corrected chi connectivity index (χ1v) is 9.25. The molecule has 0 saturated carbocycles. The molecule has 23 heavy (non-hydrogen) atoms. The van der Waals surface area contributed by atoms with Crippen molar-refractivity contribution in [3.8, 4) is 0 Å². The van der Waals surface area contributed by atoms with Gasteiger partial charge in [0.2, 0.25) is 0 Å². The van der Waals surface area contributed by atoms with Crippen LogP contribution >= 0.6 is 22.9 Å². The van der Waals surface area contributed by atoms with Gasteiger partial charge in [0.25, 0.3) is 5.91 Å². The molecule has 0 radical (unpaired) electrons. The van der Waals surface area contributed by atoms with E-state index in [1.807, 2.05) is 0 Å². The largest absolute Gasteiger partial charge is 0.348 e. The summed E-state index contributed by atoms with van der Waals surface area (Å²) < 4.78 is 0. The van der Waals surface area contributed by atoms with E-state index in [0.29, 0.717) is 10.6 Å². The standard InChI is InChI=1S/C18H21ClN2OS/c1-13(20-18(22)14-6-8-15(19)9-7-14)17(16-5-4-12-23-16)21-10-2-3-11-21/h4-9,12-13,17H,2-3,10-11H2,1H3,(H,20,22). The number of carbonyl (C=O) groups is 1. The predicted molar refractivity (Wildman–Crippen MR) is 96.2 cm³/mol. The van der Waals surface area contributed by atoms with Gasteiger partial charge in [0, 0.05) is 21.5 Å². The summed E-state index contributed by atoms with van der Waals surface area (Å²) in [6.45, 7) is 4.30. The monoisotopic (exact) mass is 348 g/mol. The molecule has 2 aromatic rings. The van der Waals surface area contributed by atoms with E-state index in [0.717, 1.165) is 13.1 Å². The molecular weight excluding hydrogens is 328 g/mol. The average molecular weight is 349 g/mol. The predicted octanol–water partition coefficient (Wildman–Crippen LogP) is 4.36. The molecule has 1 N–H and O–H groups in total. The minimum atomic E-state index is -0.0464.